The van der Waals surface area contributed by atoms with Crippen LogP contribution in [0.3, 0.4) is 0 Å². The van der Waals surface area contributed by atoms with E-state index in [1.54, 1.807) is 29.3 Å². The summed E-state index contributed by atoms with van der Waals surface area (Å²) in [4.78, 5) is 6.27. The zero-order chi connectivity index (χ0) is 22.2. The van der Waals surface area contributed by atoms with Crippen molar-refractivity contribution in [1.29, 1.82) is 0 Å². The van der Waals surface area contributed by atoms with Crippen molar-refractivity contribution >= 4 is 34.6 Å². The first kappa shape index (κ1) is 20.7. The molecule has 1 saturated heterocycles. The number of benzene rings is 2. The molecule has 4 nitrogen and oxygen atoms in total. The van der Waals surface area contributed by atoms with Gasteiger partial charge in [0, 0.05) is 16.8 Å². The maximum Gasteiger partial charge on any atom is 0.174 e. The van der Waals surface area contributed by atoms with Gasteiger partial charge in [0.25, 0.3) is 0 Å². The van der Waals surface area contributed by atoms with Crippen LogP contribution in [0.5, 0.6) is 0 Å². The van der Waals surface area contributed by atoms with Crippen molar-refractivity contribution in [3.63, 3.8) is 0 Å². The van der Waals surface area contributed by atoms with Gasteiger partial charge in [0.1, 0.15) is 23.4 Å². The second-order valence-corrected chi connectivity index (χ2v) is 8.36. The minimum absolute atomic E-state index is 0.317. The number of rotatable bonds is 4. The smallest absolute Gasteiger partial charge is 0.174 e. The standard InChI is InChI=1S/C25H19ClFN3OS/c1-15-16(7-6-8-17(15)26)21-12-13-22(31-21)24-23(19-10-4-5-14-28-19)29-25(32)30(24)20-11-3-2-9-18(20)27/h2-14,23-24H,1H3,(H,29,32)/t23-,24-/m1/s1. The second kappa shape index (κ2) is 8.37. The molecule has 1 fully saturated rings. The van der Waals surface area contributed by atoms with Crippen molar-refractivity contribution in [3.05, 3.63) is 107 Å². The fourth-order valence-electron chi connectivity index (χ4n) is 4.08. The Hall–Kier alpha value is -3.22. The van der Waals surface area contributed by atoms with E-state index in [1.165, 1.54) is 6.07 Å². The van der Waals surface area contributed by atoms with E-state index in [9.17, 15) is 4.39 Å². The van der Waals surface area contributed by atoms with Crippen LogP contribution in [0.4, 0.5) is 10.1 Å². The SMILES string of the molecule is Cc1c(Cl)cccc1-c1ccc([C@@H]2[C@@H](c3ccccn3)NC(=S)N2c2ccccc2F)o1. The summed E-state index contributed by atoms with van der Waals surface area (Å²) in [6, 6.07) is 21.0. The zero-order valence-electron chi connectivity index (χ0n) is 17.1. The van der Waals surface area contributed by atoms with Gasteiger partial charge >= 0.3 is 0 Å². The number of thiocarbonyl (C=S) groups is 1. The summed E-state index contributed by atoms with van der Waals surface area (Å²) in [6.45, 7) is 1.95. The number of halogens is 2. The molecule has 4 aromatic rings. The molecule has 0 saturated carbocycles. The summed E-state index contributed by atoms with van der Waals surface area (Å²) in [5.41, 5.74) is 3.01. The van der Waals surface area contributed by atoms with E-state index in [4.69, 9.17) is 28.2 Å². The van der Waals surface area contributed by atoms with Crippen molar-refractivity contribution in [1.82, 2.24) is 10.3 Å². The number of anilines is 1. The van der Waals surface area contributed by atoms with Gasteiger partial charge in [0.2, 0.25) is 0 Å². The molecule has 0 amide bonds. The normalized spacial score (nSPS) is 18.1. The summed E-state index contributed by atoms with van der Waals surface area (Å²) < 4.78 is 21.1. The minimum atomic E-state index is -0.428. The van der Waals surface area contributed by atoms with Crippen LogP contribution in [0.15, 0.2) is 83.4 Å². The number of hydrogen-bond acceptors (Lipinski definition) is 3. The quantitative estimate of drug-likeness (QED) is 0.344. The maximum atomic E-state index is 14.8. The first-order valence-electron chi connectivity index (χ1n) is 10.1. The Bertz CT molecular complexity index is 1290. The lowest BCUT2D eigenvalue weighted by Crippen LogP contribution is -2.30. The third-order valence-electron chi connectivity index (χ3n) is 5.66. The topological polar surface area (TPSA) is 41.3 Å². The van der Waals surface area contributed by atoms with E-state index in [0.29, 0.717) is 27.3 Å². The summed E-state index contributed by atoms with van der Waals surface area (Å²) in [5.74, 6) is 0.970. The van der Waals surface area contributed by atoms with Crippen LogP contribution in [0.1, 0.15) is 29.1 Å². The molecule has 2 aromatic heterocycles. The molecule has 3 heterocycles. The van der Waals surface area contributed by atoms with Crippen molar-refractivity contribution in [2.75, 3.05) is 4.90 Å². The highest BCUT2D eigenvalue weighted by Gasteiger charge is 2.43. The molecule has 0 spiro atoms. The molecule has 0 bridgehead atoms. The molecule has 0 radical (unpaired) electrons. The number of nitrogens with one attached hydrogen (secondary N) is 1. The third-order valence-corrected chi connectivity index (χ3v) is 6.39. The van der Waals surface area contributed by atoms with E-state index in [0.717, 1.165) is 16.8 Å². The number of furan rings is 1. The maximum absolute atomic E-state index is 14.8. The van der Waals surface area contributed by atoms with E-state index in [-0.39, 0.29) is 11.9 Å². The Balaban J connectivity index is 1.63. The average molecular weight is 464 g/mol. The van der Waals surface area contributed by atoms with Gasteiger partial charge < -0.3 is 14.6 Å². The highest BCUT2D eigenvalue weighted by atomic mass is 35.5. The van der Waals surface area contributed by atoms with Crippen LogP contribution in [0, 0.1) is 12.7 Å². The van der Waals surface area contributed by atoms with Gasteiger partial charge in [-0.25, -0.2) is 4.39 Å². The van der Waals surface area contributed by atoms with Gasteiger partial charge in [-0.15, -0.1) is 0 Å². The molecular weight excluding hydrogens is 445 g/mol. The summed E-state index contributed by atoms with van der Waals surface area (Å²) in [5, 5.41) is 4.39. The summed E-state index contributed by atoms with van der Waals surface area (Å²) in [6.07, 6.45) is 1.73. The molecule has 5 rings (SSSR count). The van der Waals surface area contributed by atoms with E-state index < -0.39 is 6.04 Å². The van der Waals surface area contributed by atoms with Crippen molar-refractivity contribution in [2.24, 2.45) is 0 Å². The van der Waals surface area contributed by atoms with Crippen LogP contribution in [0.2, 0.25) is 5.02 Å². The van der Waals surface area contributed by atoms with Crippen LogP contribution in [0.25, 0.3) is 11.3 Å². The lowest BCUT2D eigenvalue weighted by atomic mass is 10.0. The van der Waals surface area contributed by atoms with E-state index in [1.807, 2.05) is 55.5 Å². The highest BCUT2D eigenvalue weighted by molar-refractivity contribution is 7.80. The number of nitrogens with zero attached hydrogens (tertiary/aromatic N) is 2. The number of pyridine rings is 1. The molecule has 1 aliphatic rings. The van der Waals surface area contributed by atoms with Gasteiger partial charge in [-0.1, -0.05) is 41.9 Å². The van der Waals surface area contributed by atoms with Gasteiger partial charge in [0.15, 0.2) is 5.11 Å². The Morgan fingerprint density at radius 2 is 1.84 bits per heavy atom. The fraction of sp³-hybridized carbons (Fsp3) is 0.120. The van der Waals surface area contributed by atoms with Crippen LogP contribution < -0.4 is 10.2 Å². The highest BCUT2D eigenvalue weighted by Crippen LogP contribution is 2.43. The molecule has 0 aliphatic carbocycles. The molecule has 2 atom stereocenters. The Kier molecular flexibility index (Phi) is 5.41. The molecule has 32 heavy (non-hydrogen) atoms. The lowest BCUT2D eigenvalue weighted by molar-refractivity contribution is 0.437. The van der Waals surface area contributed by atoms with E-state index in [2.05, 4.69) is 10.3 Å². The second-order valence-electron chi connectivity index (χ2n) is 7.56. The summed E-state index contributed by atoms with van der Waals surface area (Å²) in [7, 11) is 0. The Morgan fingerprint density at radius 1 is 1.03 bits per heavy atom. The van der Waals surface area contributed by atoms with Crippen molar-refractivity contribution < 1.29 is 8.81 Å². The van der Waals surface area contributed by atoms with Gasteiger partial charge in [0.05, 0.1) is 17.4 Å². The fourth-order valence-corrected chi connectivity index (χ4v) is 4.59. The first-order chi connectivity index (χ1) is 15.5. The first-order valence-corrected chi connectivity index (χ1v) is 10.9. The molecule has 1 N–H and O–H groups in total. The largest absolute Gasteiger partial charge is 0.459 e. The predicted molar refractivity (Wildman–Crippen MR) is 128 cm³/mol. The lowest BCUT2D eigenvalue weighted by Gasteiger charge is -2.26. The molecule has 7 heteroatoms. The van der Waals surface area contributed by atoms with Crippen LogP contribution in [-0.4, -0.2) is 10.1 Å². The van der Waals surface area contributed by atoms with Crippen LogP contribution >= 0.6 is 23.8 Å². The van der Waals surface area contributed by atoms with Gasteiger partial charge in [-0.05, 0) is 67.2 Å². The number of hydrogen-bond donors (Lipinski definition) is 1. The average Bonchev–Trinajstić information content (AvgIpc) is 3.41. The van der Waals surface area contributed by atoms with Gasteiger partial charge in [-0.3, -0.25) is 4.98 Å². The zero-order valence-corrected chi connectivity index (χ0v) is 18.7. The third kappa shape index (κ3) is 3.55. The van der Waals surface area contributed by atoms with Crippen LogP contribution in [-0.2, 0) is 0 Å². The molecule has 160 valence electrons. The van der Waals surface area contributed by atoms with Gasteiger partial charge in [-0.2, -0.15) is 0 Å². The van der Waals surface area contributed by atoms with E-state index >= 15 is 0 Å². The minimum Gasteiger partial charge on any atom is -0.459 e. The molecule has 2 aromatic carbocycles. The Morgan fingerprint density at radius 3 is 2.62 bits per heavy atom. The van der Waals surface area contributed by atoms with Crippen molar-refractivity contribution in [2.45, 2.75) is 19.0 Å². The summed E-state index contributed by atoms with van der Waals surface area (Å²) >= 11 is 11.9. The molecule has 0 unspecified atom stereocenters. The predicted octanol–water partition coefficient (Wildman–Crippen LogP) is 6.62. The number of aromatic nitrogens is 1. The molecular formula is C25H19ClFN3OS. The Labute approximate surface area is 195 Å². The number of para-hydroxylation sites is 1. The van der Waals surface area contributed by atoms with Crippen molar-refractivity contribution in [3.8, 4) is 11.3 Å². The monoisotopic (exact) mass is 463 g/mol. The molecule has 1 aliphatic heterocycles.